The molecule has 0 saturated heterocycles. The van der Waals surface area contributed by atoms with Gasteiger partial charge in [-0.2, -0.15) is 0 Å². The van der Waals surface area contributed by atoms with Crippen molar-refractivity contribution in [2.75, 3.05) is 13.2 Å². The predicted molar refractivity (Wildman–Crippen MR) is 102 cm³/mol. The summed E-state index contributed by atoms with van der Waals surface area (Å²) < 4.78 is 17.5. The molecule has 0 N–H and O–H groups in total. The third-order valence-electron chi connectivity index (χ3n) is 4.43. The smallest absolute Gasteiger partial charge is 0.306 e. The van der Waals surface area contributed by atoms with Crippen LogP contribution in [0, 0.1) is 0 Å². The van der Waals surface area contributed by atoms with Crippen molar-refractivity contribution < 1.29 is 23.8 Å². The van der Waals surface area contributed by atoms with Crippen LogP contribution in [0.25, 0.3) is 5.65 Å². The maximum Gasteiger partial charge on any atom is 0.306 e. The zero-order valence-corrected chi connectivity index (χ0v) is 15.5. The summed E-state index contributed by atoms with van der Waals surface area (Å²) in [7, 11) is 0. The lowest BCUT2D eigenvalue weighted by Gasteiger charge is -2.18. The molecule has 148 valence electrons. The molecule has 3 aromatic rings. The highest BCUT2D eigenvalue weighted by Crippen LogP contribution is 2.31. The van der Waals surface area contributed by atoms with Gasteiger partial charge < -0.3 is 14.2 Å². The SMILES string of the molecule is O=C(CCC(=O)c1ccc2c(c1)OCCO2)OCc1cc(=O)n2ccccc2n1. The van der Waals surface area contributed by atoms with E-state index in [0.29, 0.717) is 41.6 Å². The van der Waals surface area contributed by atoms with Crippen LogP contribution in [0.15, 0.2) is 53.5 Å². The molecule has 0 fully saturated rings. The highest BCUT2D eigenvalue weighted by molar-refractivity contribution is 5.98. The van der Waals surface area contributed by atoms with Gasteiger partial charge in [0.15, 0.2) is 17.3 Å². The summed E-state index contributed by atoms with van der Waals surface area (Å²) in [6, 6.07) is 11.5. The molecule has 0 spiro atoms. The number of esters is 1. The molecule has 0 aliphatic carbocycles. The maximum atomic E-state index is 12.3. The Bertz CT molecular complexity index is 1140. The summed E-state index contributed by atoms with van der Waals surface area (Å²) in [5.74, 6) is 0.399. The number of nitrogens with zero attached hydrogens (tertiary/aromatic N) is 2. The minimum atomic E-state index is -0.536. The van der Waals surface area contributed by atoms with E-state index in [0.717, 1.165) is 0 Å². The highest BCUT2D eigenvalue weighted by Gasteiger charge is 2.16. The number of ether oxygens (including phenoxy) is 3. The van der Waals surface area contributed by atoms with Crippen LogP contribution in [-0.4, -0.2) is 34.4 Å². The fourth-order valence-corrected chi connectivity index (χ4v) is 2.98. The second-order valence-electron chi connectivity index (χ2n) is 6.46. The number of carbonyl (C=O) groups excluding carboxylic acids is 2. The lowest BCUT2D eigenvalue weighted by molar-refractivity contribution is -0.145. The Balaban J connectivity index is 1.32. The van der Waals surface area contributed by atoms with E-state index >= 15 is 0 Å². The van der Waals surface area contributed by atoms with Crippen molar-refractivity contribution >= 4 is 17.4 Å². The largest absolute Gasteiger partial charge is 0.486 e. The molecule has 0 bridgehead atoms. The van der Waals surface area contributed by atoms with Crippen LogP contribution in [-0.2, 0) is 16.1 Å². The topological polar surface area (TPSA) is 96.2 Å². The van der Waals surface area contributed by atoms with Gasteiger partial charge in [-0.25, -0.2) is 4.98 Å². The van der Waals surface area contributed by atoms with Gasteiger partial charge in [0, 0.05) is 24.2 Å². The first-order chi connectivity index (χ1) is 14.1. The number of benzene rings is 1. The normalized spacial score (nSPS) is 12.6. The summed E-state index contributed by atoms with van der Waals surface area (Å²) in [6.07, 6.45) is 1.55. The Labute approximate surface area is 165 Å². The van der Waals surface area contributed by atoms with Gasteiger partial charge in [-0.3, -0.25) is 18.8 Å². The number of carbonyl (C=O) groups is 2. The molecule has 3 heterocycles. The predicted octanol–water partition coefficient (Wildman–Crippen LogP) is 2.17. The molecule has 0 atom stereocenters. The molecule has 1 aliphatic heterocycles. The number of pyridine rings is 1. The second kappa shape index (κ2) is 8.14. The van der Waals surface area contributed by atoms with Gasteiger partial charge in [-0.1, -0.05) is 6.07 Å². The Morgan fingerprint density at radius 1 is 1.03 bits per heavy atom. The summed E-state index contributed by atoms with van der Waals surface area (Å²) >= 11 is 0. The van der Waals surface area contributed by atoms with E-state index in [1.807, 2.05) is 0 Å². The van der Waals surface area contributed by atoms with Gasteiger partial charge in [0.2, 0.25) is 0 Å². The van der Waals surface area contributed by atoms with Crippen molar-refractivity contribution in [3.05, 3.63) is 70.3 Å². The van der Waals surface area contributed by atoms with Gasteiger partial charge in [-0.05, 0) is 30.3 Å². The van der Waals surface area contributed by atoms with Crippen LogP contribution in [0.3, 0.4) is 0 Å². The first kappa shape index (κ1) is 18.7. The van der Waals surface area contributed by atoms with Crippen LogP contribution in [0.5, 0.6) is 11.5 Å². The Morgan fingerprint density at radius 2 is 1.86 bits per heavy atom. The van der Waals surface area contributed by atoms with Gasteiger partial charge in [-0.15, -0.1) is 0 Å². The van der Waals surface area contributed by atoms with Crippen LogP contribution in [0.4, 0.5) is 0 Å². The highest BCUT2D eigenvalue weighted by atomic mass is 16.6. The Kier molecular flexibility index (Phi) is 5.24. The van der Waals surface area contributed by atoms with Crippen LogP contribution >= 0.6 is 0 Å². The summed E-state index contributed by atoms with van der Waals surface area (Å²) in [4.78, 5) is 40.7. The minimum Gasteiger partial charge on any atom is -0.486 e. The number of hydrogen-bond acceptors (Lipinski definition) is 7. The standard InChI is InChI=1S/C21H18N2O6/c24-16(14-4-6-17-18(11-14)28-10-9-27-17)5-7-21(26)29-13-15-12-20(25)23-8-2-1-3-19(23)22-15/h1-4,6,8,11-12H,5,7,9-10,13H2. The molecule has 1 aromatic carbocycles. The summed E-state index contributed by atoms with van der Waals surface area (Å²) in [6.45, 7) is 0.783. The fourth-order valence-electron chi connectivity index (χ4n) is 2.98. The van der Waals surface area contributed by atoms with Gasteiger partial charge in [0.25, 0.3) is 5.56 Å². The molecular formula is C21H18N2O6. The van der Waals surface area contributed by atoms with Crippen molar-refractivity contribution in [1.29, 1.82) is 0 Å². The van der Waals surface area contributed by atoms with Crippen molar-refractivity contribution in [2.24, 2.45) is 0 Å². The molecule has 0 radical (unpaired) electrons. The number of aromatic nitrogens is 2. The Hall–Kier alpha value is -3.68. The van der Waals surface area contributed by atoms with Crippen molar-refractivity contribution in [3.63, 3.8) is 0 Å². The summed E-state index contributed by atoms with van der Waals surface area (Å²) in [5.41, 5.74) is 1.02. The molecular weight excluding hydrogens is 376 g/mol. The maximum absolute atomic E-state index is 12.3. The van der Waals surface area contributed by atoms with E-state index < -0.39 is 5.97 Å². The average molecular weight is 394 g/mol. The van der Waals surface area contributed by atoms with Crippen LogP contribution in [0.1, 0.15) is 28.9 Å². The molecule has 0 unspecified atom stereocenters. The molecule has 0 saturated carbocycles. The molecule has 0 amide bonds. The first-order valence-electron chi connectivity index (χ1n) is 9.16. The number of rotatable bonds is 6. The molecule has 29 heavy (non-hydrogen) atoms. The molecule has 4 rings (SSSR count). The van der Waals surface area contributed by atoms with E-state index in [-0.39, 0.29) is 30.8 Å². The average Bonchev–Trinajstić information content (AvgIpc) is 2.75. The third kappa shape index (κ3) is 4.26. The summed E-state index contributed by atoms with van der Waals surface area (Å²) in [5, 5.41) is 0. The lowest BCUT2D eigenvalue weighted by atomic mass is 10.1. The number of fused-ring (bicyclic) bond motifs is 2. The van der Waals surface area contributed by atoms with E-state index in [2.05, 4.69) is 4.98 Å². The van der Waals surface area contributed by atoms with Crippen molar-refractivity contribution in [1.82, 2.24) is 9.38 Å². The zero-order chi connectivity index (χ0) is 20.2. The molecule has 8 heteroatoms. The Morgan fingerprint density at radius 3 is 2.72 bits per heavy atom. The fraction of sp³-hybridized carbons (Fsp3) is 0.238. The van der Waals surface area contributed by atoms with E-state index in [1.165, 1.54) is 10.5 Å². The van der Waals surface area contributed by atoms with Crippen molar-refractivity contribution in [2.45, 2.75) is 19.4 Å². The van der Waals surface area contributed by atoms with Crippen LogP contribution < -0.4 is 15.0 Å². The lowest BCUT2D eigenvalue weighted by Crippen LogP contribution is -2.17. The van der Waals surface area contributed by atoms with E-state index in [1.54, 1.807) is 42.6 Å². The van der Waals surface area contributed by atoms with E-state index in [9.17, 15) is 14.4 Å². The quantitative estimate of drug-likeness (QED) is 0.467. The molecule has 1 aliphatic rings. The van der Waals surface area contributed by atoms with Gasteiger partial charge in [0.1, 0.15) is 25.5 Å². The first-order valence-corrected chi connectivity index (χ1v) is 9.16. The minimum absolute atomic E-state index is 0.00623. The molecule has 8 nitrogen and oxygen atoms in total. The van der Waals surface area contributed by atoms with Crippen LogP contribution in [0.2, 0.25) is 0 Å². The molecule has 2 aromatic heterocycles. The second-order valence-corrected chi connectivity index (χ2v) is 6.46. The number of hydrogen-bond donors (Lipinski definition) is 0. The monoisotopic (exact) mass is 394 g/mol. The number of Topliss-reactive ketones (excluding diaryl/α,β-unsaturated/α-hetero) is 1. The van der Waals surface area contributed by atoms with Gasteiger partial charge in [0.05, 0.1) is 12.1 Å². The third-order valence-corrected chi connectivity index (χ3v) is 4.43. The number of ketones is 1. The van der Waals surface area contributed by atoms with E-state index in [4.69, 9.17) is 14.2 Å². The van der Waals surface area contributed by atoms with Crippen molar-refractivity contribution in [3.8, 4) is 11.5 Å². The van der Waals surface area contributed by atoms with Gasteiger partial charge >= 0.3 is 5.97 Å². The zero-order valence-electron chi connectivity index (χ0n) is 15.5.